The highest BCUT2D eigenvalue weighted by Gasteiger charge is 2.15. The molecule has 0 radical (unpaired) electrons. The molecule has 0 aliphatic rings. The monoisotopic (exact) mass is 257 g/mol. The first-order valence-corrected chi connectivity index (χ1v) is 6.34. The Morgan fingerprint density at radius 1 is 1.26 bits per heavy atom. The van der Waals surface area contributed by atoms with E-state index < -0.39 is 0 Å². The van der Waals surface area contributed by atoms with Gasteiger partial charge in [-0.1, -0.05) is 6.07 Å². The molecule has 1 N–H and O–H groups in total. The molecule has 0 saturated carbocycles. The van der Waals surface area contributed by atoms with E-state index in [4.69, 9.17) is 0 Å². The fourth-order valence-corrected chi connectivity index (χ4v) is 1.94. The van der Waals surface area contributed by atoms with Crippen LogP contribution in [0, 0.1) is 6.92 Å². The molecule has 0 bridgehead atoms. The second kappa shape index (κ2) is 5.80. The first-order valence-electron chi connectivity index (χ1n) is 6.34. The molecule has 0 aliphatic carbocycles. The minimum Gasteiger partial charge on any atom is -0.506 e. The molecule has 2 aromatic rings. The summed E-state index contributed by atoms with van der Waals surface area (Å²) in [5.41, 5.74) is 2.62. The lowest BCUT2D eigenvalue weighted by Gasteiger charge is -2.24. The summed E-state index contributed by atoms with van der Waals surface area (Å²) < 4.78 is 0. The van der Waals surface area contributed by atoms with Crippen molar-refractivity contribution in [2.24, 2.45) is 0 Å². The molecule has 0 saturated heterocycles. The maximum atomic E-state index is 9.83. The molecular formula is C15H19N3O. The highest BCUT2D eigenvalue weighted by molar-refractivity contribution is 5.27. The van der Waals surface area contributed by atoms with Crippen LogP contribution in [0.5, 0.6) is 5.75 Å². The molecule has 4 nitrogen and oxygen atoms in total. The number of aromatic nitrogens is 2. The minimum atomic E-state index is 0.169. The molecule has 0 unspecified atom stereocenters. The molecule has 0 fully saturated rings. The third-order valence-electron chi connectivity index (χ3n) is 3.27. The quantitative estimate of drug-likeness (QED) is 0.915. The minimum absolute atomic E-state index is 0.169. The van der Waals surface area contributed by atoms with E-state index in [9.17, 15) is 5.11 Å². The van der Waals surface area contributed by atoms with Gasteiger partial charge in [-0.25, -0.2) is 0 Å². The van der Waals surface area contributed by atoms with Crippen molar-refractivity contribution in [3.05, 3.63) is 53.6 Å². The largest absolute Gasteiger partial charge is 0.506 e. The predicted molar refractivity (Wildman–Crippen MR) is 74.8 cm³/mol. The van der Waals surface area contributed by atoms with Crippen molar-refractivity contribution in [3.8, 4) is 5.75 Å². The lowest BCUT2D eigenvalue weighted by molar-refractivity contribution is 0.242. The Kier molecular flexibility index (Phi) is 4.12. The normalized spacial score (nSPS) is 12.6. The molecule has 0 aliphatic heterocycles. The summed E-state index contributed by atoms with van der Waals surface area (Å²) in [7, 11) is 2.00. The van der Waals surface area contributed by atoms with Crippen LogP contribution < -0.4 is 0 Å². The SMILES string of the molecule is Cc1ccc(O)c(CN(C)[C@H](C)c2ccccn2)n1. The van der Waals surface area contributed by atoms with Crippen LogP contribution in [0.25, 0.3) is 0 Å². The van der Waals surface area contributed by atoms with Crippen molar-refractivity contribution < 1.29 is 5.11 Å². The Morgan fingerprint density at radius 2 is 2.05 bits per heavy atom. The number of aryl methyl sites for hydroxylation is 1. The number of rotatable bonds is 4. The van der Waals surface area contributed by atoms with Crippen molar-refractivity contribution in [2.45, 2.75) is 26.4 Å². The number of hydrogen-bond acceptors (Lipinski definition) is 4. The zero-order chi connectivity index (χ0) is 13.8. The van der Waals surface area contributed by atoms with Crippen LogP contribution in [0.4, 0.5) is 0 Å². The summed E-state index contributed by atoms with van der Waals surface area (Å²) in [5.74, 6) is 0.241. The Bertz CT molecular complexity index is 542. The van der Waals surface area contributed by atoms with E-state index in [0.29, 0.717) is 12.2 Å². The number of nitrogens with zero attached hydrogens (tertiary/aromatic N) is 3. The van der Waals surface area contributed by atoms with Gasteiger partial charge in [0.2, 0.25) is 0 Å². The molecule has 0 spiro atoms. The van der Waals surface area contributed by atoms with E-state index in [0.717, 1.165) is 11.4 Å². The standard InChI is InChI=1S/C15H19N3O/c1-11-7-8-15(19)14(17-11)10-18(3)12(2)13-6-4-5-9-16-13/h4-9,12,19H,10H2,1-3H3/t12-/m1/s1. The first-order chi connectivity index (χ1) is 9.08. The van der Waals surface area contributed by atoms with Crippen LogP contribution in [0.3, 0.4) is 0 Å². The zero-order valence-corrected chi connectivity index (χ0v) is 11.5. The number of aromatic hydroxyl groups is 1. The van der Waals surface area contributed by atoms with Gasteiger partial charge < -0.3 is 5.11 Å². The highest BCUT2D eigenvalue weighted by Crippen LogP contribution is 2.22. The average molecular weight is 257 g/mol. The van der Waals surface area contributed by atoms with Gasteiger partial charge in [0.25, 0.3) is 0 Å². The Hall–Kier alpha value is -1.94. The third-order valence-corrected chi connectivity index (χ3v) is 3.27. The van der Waals surface area contributed by atoms with E-state index in [1.807, 2.05) is 32.2 Å². The van der Waals surface area contributed by atoms with Gasteiger partial charge in [-0.2, -0.15) is 0 Å². The van der Waals surface area contributed by atoms with Crippen LogP contribution in [0.15, 0.2) is 36.5 Å². The second-order valence-electron chi connectivity index (χ2n) is 4.76. The summed E-state index contributed by atoms with van der Waals surface area (Å²) in [6, 6.07) is 9.56. The van der Waals surface area contributed by atoms with E-state index >= 15 is 0 Å². The molecule has 0 aromatic carbocycles. The molecule has 19 heavy (non-hydrogen) atoms. The molecule has 100 valence electrons. The smallest absolute Gasteiger partial charge is 0.138 e. The van der Waals surface area contributed by atoms with E-state index in [2.05, 4.69) is 21.8 Å². The maximum Gasteiger partial charge on any atom is 0.138 e. The van der Waals surface area contributed by atoms with Crippen molar-refractivity contribution in [3.63, 3.8) is 0 Å². The summed E-state index contributed by atoms with van der Waals surface area (Å²) in [5, 5.41) is 9.83. The summed E-state index contributed by atoms with van der Waals surface area (Å²) in [4.78, 5) is 10.8. The number of hydrogen-bond donors (Lipinski definition) is 1. The molecule has 2 heterocycles. The van der Waals surface area contributed by atoms with Crippen molar-refractivity contribution in [1.29, 1.82) is 0 Å². The van der Waals surface area contributed by atoms with Crippen LogP contribution in [-0.4, -0.2) is 27.0 Å². The van der Waals surface area contributed by atoms with Gasteiger partial charge in [-0.3, -0.25) is 14.9 Å². The van der Waals surface area contributed by atoms with Gasteiger partial charge >= 0.3 is 0 Å². The van der Waals surface area contributed by atoms with Crippen LogP contribution >= 0.6 is 0 Å². The summed E-state index contributed by atoms with van der Waals surface area (Å²) in [6.45, 7) is 4.60. The average Bonchev–Trinajstić information content (AvgIpc) is 2.43. The third kappa shape index (κ3) is 3.29. The topological polar surface area (TPSA) is 49.2 Å². The molecule has 2 rings (SSSR count). The second-order valence-corrected chi connectivity index (χ2v) is 4.76. The van der Waals surface area contributed by atoms with E-state index in [1.165, 1.54) is 0 Å². The van der Waals surface area contributed by atoms with Gasteiger partial charge in [0, 0.05) is 24.5 Å². The molecule has 4 heteroatoms. The maximum absolute atomic E-state index is 9.83. The van der Waals surface area contributed by atoms with Crippen LogP contribution in [0.1, 0.15) is 30.0 Å². The zero-order valence-electron chi connectivity index (χ0n) is 11.5. The summed E-state index contributed by atoms with van der Waals surface area (Å²) in [6.07, 6.45) is 1.79. The van der Waals surface area contributed by atoms with Gasteiger partial charge in [0.05, 0.1) is 11.4 Å². The predicted octanol–water partition coefficient (Wildman–Crippen LogP) is 2.68. The Labute approximate surface area is 113 Å². The Balaban J connectivity index is 2.12. The Morgan fingerprint density at radius 3 is 2.74 bits per heavy atom. The van der Waals surface area contributed by atoms with Gasteiger partial charge in [-0.15, -0.1) is 0 Å². The first kappa shape index (κ1) is 13.5. The number of pyridine rings is 2. The fourth-order valence-electron chi connectivity index (χ4n) is 1.94. The van der Waals surface area contributed by atoms with Crippen molar-refractivity contribution >= 4 is 0 Å². The molecule has 0 amide bonds. The van der Waals surface area contributed by atoms with Crippen LogP contribution in [0.2, 0.25) is 0 Å². The van der Waals surface area contributed by atoms with Crippen molar-refractivity contribution in [2.75, 3.05) is 7.05 Å². The molecule has 2 aromatic heterocycles. The lowest BCUT2D eigenvalue weighted by Crippen LogP contribution is -2.23. The summed E-state index contributed by atoms with van der Waals surface area (Å²) >= 11 is 0. The fraction of sp³-hybridized carbons (Fsp3) is 0.333. The van der Waals surface area contributed by atoms with Crippen LogP contribution in [-0.2, 0) is 6.54 Å². The molecular weight excluding hydrogens is 238 g/mol. The van der Waals surface area contributed by atoms with Gasteiger partial charge in [0.15, 0.2) is 0 Å². The highest BCUT2D eigenvalue weighted by atomic mass is 16.3. The van der Waals surface area contributed by atoms with Gasteiger partial charge in [-0.05, 0) is 45.2 Å². The van der Waals surface area contributed by atoms with Gasteiger partial charge in [0.1, 0.15) is 5.75 Å². The van der Waals surface area contributed by atoms with E-state index in [1.54, 1.807) is 18.3 Å². The lowest BCUT2D eigenvalue weighted by atomic mass is 10.2. The molecule has 1 atom stereocenters. The van der Waals surface area contributed by atoms with Crippen molar-refractivity contribution in [1.82, 2.24) is 14.9 Å². The van der Waals surface area contributed by atoms with E-state index in [-0.39, 0.29) is 11.8 Å².